The predicted octanol–water partition coefficient (Wildman–Crippen LogP) is 4.53. The van der Waals surface area contributed by atoms with Crippen molar-refractivity contribution in [2.45, 2.75) is 62.8 Å². The number of aromatic amines is 1. The average Bonchev–Trinajstić information content (AvgIpc) is 3.29. The van der Waals surface area contributed by atoms with E-state index in [2.05, 4.69) is 19.9 Å². The number of rotatable bonds is 15. The maximum absolute atomic E-state index is 14.0. The van der Waals surface area contributed by atoms with Crippen LogP contribution in [0.3, 0.4) is 0 Å². The van der Waals surface area contributed by atoms with Gasteiger partial charge in [-0.3, -0.25) is 19.3 Å². The summed E-state index contributed by atoms with van der Waals surface area (Å²) in [7, 11) is -3.60. The monoisotopic (exact) mass is 847 g/mol. The Morgan fingerprint density at radius 1 is 0.836 bits per heavy atom. The topological polar surface area (TPSA) is 181 Å². The number of phenolic OH excluding ortho intramolecular Hbond substituents is 1. The fourth-order valence-corrected chi connectivity index (χ4v) is 10.1. The molecule has 5 heterocycles. The van der Waals surface area contributed by atoms with Gasteiger partial charge < -0.3 is 30.2 Å². The zero-order chi connectivity index (χ0) is 42.6. The van der Waals surface area contributed by atoms with Gasteiger partial charge in [-0.1, -0.05) is 72.8 Å². The first-order chi connectivity index (χ1) is 29.5. The number of nitrogens with zero attached hydrogens (tertiary/aromatic N) is 2. The van der Waals surface area contributed by atoms with E-state index in [1.54, 1.807) is 41.3 Å². The Morgan fingerprint density at radius 2 is 1.51 bits per heavy atom. The highest BCUT2D eigenvalue weighted by molar-refractivity contribution is 7.89. The Balaban J connectivity index is 0.785. The van der Waals surface area contributed by atoms with Crippen molar-refractivity contribution < 1.29 is 33.0 Å². The molecule has 1 unspecified atom stereocenters. The molecule has 4 aliphatic heterocycles. The minimum Gasteiger partial charge on any atom is -0.506 e. The van der Waals surface area contributed by atoms with Crippen LogP contribution in [0.2, 0.25) is 0 Å². The molecule has 4 saturated heterocycles. The molecule has 5 aromatic rings. The van der Waals surface area contributed by atoms with Crippen molar-refractivity contribution in [3.05, 3.63) is 147 Å². The second-order valence-electron chi connectivity index (χ2n) is 16.7. The third-order valence-electron chi connectivity index (χ3n) is 12.8. The van der Waals surface area contributed by atoms with Crippen LogP contribution < -0.4 is 15.6 Å². The molecule has 0 aliphatic carbocycles. The van der Waals surface area contributed by atoms with Crippen LogP contribution in [-0.2, 0) is 44.5 Å². The van der Waals surface area contributed by atoms with E-state index in [1.165, 1.54) is 12.1 Å². The van der Waals surface area contributed by atoms with Crippen molar-refractivity contribution in [3.8, 4) is 5.75 Å². The van der Waals surface area contributed by atoms with Crippen molar-refractivity contribution in [2.24, 2.45) is 5.92 Å². The van der Waals surface area contributed by atoms with Gasteiger partial charge in [-0.25, -0.2) is 13.1 Å². The van der Waals surface area contributed by atoms with Crippen LogP contribution in [0.5, 0.6) is 5.75 Å². The summed E-state index contributed by atoms with van der Waals surface area (Å²) in [5.74, 6) is -0.0559. The number of benzene rings is 4. The normalized spacial score (nSPS) is 20.3. The van der Waals surface area contributed by atoms with E-state index in [9.17, 15) is 33.0 Å². The second kappa shape index (κ2) is 18.3. The molecular formula is C47H53N5O8S. The van der Waals surface area contributed by atoms with Crippen LogP contribution in [0.4, 0.5) is 0 Å². The molecule has 0 saturated carbocycles. The largest absolute Gasteiger partial charge is 0.506 e. The van der Waals surface area contributed by atoms with E-state index in [1.807, 2.05) is 54.6 Å². The number of aromatic hydroxyl groups is 1. The zero-order valence-electron chi connectivity index (χ0n) is 34.1. The number of sulfonamides is 1. The number of nitrogens with one attached hydrogen (secondary N) is 3. The first kappa shape index (κ1) is 42.3. The number of hydrogen-bond acceptors (Lipinski definition) is 10. The third kappa shape index (κ3) is 9.74. The molecule has 2 bridgehead atoms. The summed E-state index contributed by atoms with van der Waals surface area (Å²) in [4.78, 5) is 46.1. The highest BCUT2D eigenvalue weighted by Crippen LogP contribution is 2.39. The number of aromatic nitrogens is 1. The number of H-pyrrole nitrogens is 1. The maximum Gasteiger partial charge on any atom is 0.317 e. The van der Waals surface area contributed by atoms with Crippen LogP contribution in [0.1, 0.15) is 70.0 Å². The molecule has 0 radical (unpaired) electrons. The summed E-state index contributed by atoms with van der Waals surface area (Å²) in [5, 5.41) is 24.7. The number of aryl methyl sites for hydroxylation is 1. The van der Waals surface area contributed by atoms with Crippen molar-refractivity contribution in [2.75, 3.05) is 45.0 Å². The van der Waals surface area contributed by atoms with Crippen molar-refractivity contribution in [1.29, 1.82) is 0 Å². The number of piperidine rings is 4. The van der Waals surface area contributed by atoms with Gasteiger partial charge >= 0.3 is 5.97 Å². The first-order valence-electron chi connectivity index (χ1n) is 21.1. The van der Waals surface area contributed by atoms with Crippen molar-refractivity contribution >= 4 is 32.8 Å². The molecule has 13 nitrogen and oxygen atoms in total. The highest BCUT2D eigenvalue weighted by atomic mass is 32.2. The number of aliphatic hydroxyl groups excluding tert-OH is 1. The number of ether oxygens (including phenoxy) is 1. The second-order valence-corrected chi connectivity index (χ2v) is 18.6. The van der Waals surface area contributed by atoms with Crippen LogP contribution in [-0.4, -0.2) is 96.4 Å². The highest BCUT2D eigenvalue weighted by Gasteiger charge is 2.47. The van der Waals surface area contributed by atoms with E-state index in [4.69, 9.17) is 4.74 Å². The molecule has 1 aromatic heterocycles. The Labute approximate surface area is 355 Å². The Hall–Kier alpha value is -5.38. The van der Waals surface area contributed by atoms with Gasteiger partial charge in [0.05, 0.1) is 22.8 Å². The van der Waals surface area contributed by atoms with E-state index in [-0.39, 0.29) is 53.6 Å². The number of likely N-dealkylation sites (tertiary alicyclic amines) is 1. The lowest BCUT2D eigenvalue weighted by Crippen LogP contribution is -2.55. The predicted molar refractivity (Wildman–Crippen MR) is 232 cm³/mol. The molecule has 5 N–H and O–H groups in total. The van der Waals surface area contributed by atoms with Gasteiger partial charge in [0.15, 0.2) is 0 Å². The molecule has 9 rings (SSSR count). The van der Waals surface area contributed by atoms with Crippen LogP contribution in [0.15, 0.2) is 108 Å². The van der Waals surface area contributed by atoms with E-state index < -0.39 is 21.5 Å². The average molecular weight is 848 g/mol. The van der Waals surface area contributed by atoms with Gasteiger partial charge in [0.25, 0.3) is 5.91 Å². The molecule has 61 heavy (non-hydrogen) atoms. The summed E-state index contributed by atoms with van der Waals surface area (Å²) in [6.07, 6.45) is 2.43. The molecule has 4 aromatic carbocycles. The van der Waals surface area contributed by atoms with Gasteiger partial charge in [0, 0.05) is 56.3 Å². The molecular weight excluding hydrogens is 795 g/mol. The van der Waals surface area contributed by atoms with Gasteiger partial charge in [-0.15, -0.1) is 0 Å². The lowest BCUT2D eigenvalue weighted by Gasteiger charge is -2.46. The lowest BCUT2D eigenvalue weighted by atomic mass is 9.72. The summed E-state index contributed by atoms with van der Waals surface area (Å²) in [5.41, 5.74) is 3.70. The minimum absolute atomic E-state index is 0.0677. The molecule has 4 aliphatic rings. The summed E-state index contributed by atoms with van der Waals surface area (Å²) in [6, 6.07) is 30.4. The Morgan fingerprint density at radius 3 is 2.20 bits per heavy atom. The number of hydrogen-bond donors (Lipinski definition) is 5. The Bertz CT molecular complexity index is 2500. The number of amides is 1. The summed E-state index contributed by atoms with van der Waals surface area (Å²) >= 11 is 0. The standard InChI is InChI=1S/C47H53N5O8S/c53-40-16-14-38(39-15-17-43(55)50-44(39)40)41(54)30-48-28-33-8-6-32(7-9-33)20-27-61(58,59)49-29-34-10-12-36(13-11-34)45(56)52-25-21-47(22-26-52,37-4-2-1-3-5-37)46(57)60-42-31-51-23-18-35(42)19-24-51/h1-17,35,41-42,48-49,53-54H,18-31H2,(H,50,55)/t41?,42-/m0/s1. The number of esters is 1. The smallest absolute Gasteiger partial charge is 0.317 e. The van der Waals surface area contributed by atoms with Crippen molar-refractivity contribution in [3.63, 3.8) is 0 Å². The van der Waals surface area contributed by atoms with Crippen LogP contribution in [0.25, 0.3) is 10.9 Å². The zero-order valence-corrected chi connectivity index (χ0v) is 34.9. The Kier molecular flexibility index (Phi) is 12.7. The van der Waals surface area contributed by atoms with Gasteiger partial charge in [-0.05, 0) is 103 Å². The van der Waals surface area contributed by atoms with Gasteiger partial charge in [0.1, 0.15) is 11.9 Å². The quantitative estimate of drug-likeness (QED) is 0.0940. The van der Waals surface area contributed by atoms with Crippen molar-refractivity contribution in [1.82, 2.24) is 24.8 Å². The minimum atomic E-state index is -3.60. The van der Waals surface area contributed by atoms with Crippen LogP contribution >= 0.6 is 0 Å². The SMILES string of the molecule is O=C(c1ccc(CNS(=O)(=O)CCc2ccc(CNCC(O)c3ccc(O)c4[nH]c(=O)ccc34)cc2)cc1)N1CCC(C(=O)O[C@H]2CN3CCC2CC3)(c2ccccc2)CC1. The number of aliphatic hydroxyl groups is 1. The number of carbonyl (C=O) groups excluding carboxylic acids is 2. The third-order valence-corrected chi connectivity index (χ3v) is 14.1. The molecule has 2 atom stereocenters. The molecule has 0 spiro atoms. The lowest BCUT2D eigenvalue weighted by molar-refractivity contribution is -0.167. The molecule has 4 fully saturated rings. The first-order valence-corrected chi connectivity index (χ1v) is 22.8. The molecule has 1 amide bonds. The number of pyridine rings is 1. The number of phenols is 1. The fraction of sp³-hybridized carbons (Fsp3) is 0.383. The number of carbonyl (C=O) groups is 2. The summed E-state index contributed by atoms with van der Waals surface area (Å²) in [6.45, 7) is 4.56. The maximum atomic E-state index is 14.0. The van der Waals surface area contributed by atoms with Crippen LogP contribution in [0, 0.1) is 5.92 Å². The molecule has 14 heteroatoms. The number of fused-ring (bicyclic) bond motifs is 4. The van der Waals surface area contributed by atoms with E-state index >= 15 is 0 Å². The fourth-order valence-electron chi connectivity index (χ4n) is 9.06. The van der Waals surface area contributed by atoms with Gasteiger partial charge in [-0.2, -0.15) is 0 Å². The summed E-state index contributed by atoms with van der Waals surface area (Å²) < 4.78 is 34.9. The van der Waals surface area contributed by atoms with E-state index in [0.717, 1.165) is 54.7 Å². The van der Waals surface area contributed by atoms with Gasteiger partial charge in [0.2, 0.25) is 15.6 Å². The van der Waals surface area contributed by atoms with E-state index in [0.29, 0.717) is 61.3 Å². The molecule has 320 valence electrons.